The van der Waals surface area contributed by atoms with Gasteiger partial charge in [0.25, 0.3) is 0 Å². The lowest BCUT2D eigenvalue weighted by atomic mass is 9.92. The van der Waals surface area contributed by atoms with E-state index in [-0.39, 0.29) is 17.4 Å². The van der Waals surface area contributed by atoms with Crippen molar-refractivity contribution in [2.75, 3.05) is 13.1 Å². The maximum absolute atomic E-state index is 12.6. The zero-order valence-corrected chi connectivity index (χ0v) is 15.9. The van der Waals surface area contributed by atoms with Gasteiger partial charge in [0, 0.05) is 25.6 Å². The van der Waals surface area contributed by atoms with Crippen LogP contribution >= 0.6 is 0 Å². The number of likely N-dealkylation sites (tertiary alicyclic amines) is 1. The van der Waals surface area contributed by atoms with E-state index in [1.54, 1.807) is 0 Å². The van der Waals surface area contributed by atoms with E-state index >= 15 is 0 Å². The van der Waals surface area contributed by atoms with Gasteiger partial charge in [-0.25, -0.2) is 4.79 Å². The van der Waals surface area contributed by atoms with Crippen molar-refractivity contribution in [1.82, 2.24) is 20.4 Å². The minimum Gasteiger partial charge on any atom is -0.425 e. The molecule has 2 amide bonds. The third-order valence-electron chi connectivity index (χ3n) is 5.15. The van der Waals surface area contributed by atoms with Gasteiger partial charge in [0.1, 0.15) is 0 Å². The van der Waals surface area contributed by atoms with Crippen molar-refractivity contribution >= 4 is 6.03 Å². The molecular formula is C19H32N4O2. The van der Waals surface area contributed by atoms with Crippen LogP contribution in [0.15, 0.2) is 4.42 Å². The maximum Gasteiger partial charge on any atom is 0.317 e. The molecule has 1 saturated carbocycles. The monoisotopic (exact) mass is 348 g/mol. The first-order chi connectivity index (χ1) is 11.9. The van der Waals surface area contributed by atoms with E-state index in [9.17, 15) is 4.79 Å². The normalized spacial score (nSPS) is 22.8. The van der Waals surface area contributed by atoms with Crippen molar-refractivity contribution in [2.24, 2.45) is 5.41 Å². The molecule has 0 spiro atoms. The van der Waals surface area contributed by atoms with Crippen LogP contribution in [0.2, 0.25) is 0 Å². The molecule has 0 bridgehead atoms. The highest BCUT2D eigenvalue weighted by Crippen LogP contribution is 2.28. The highest BCUT2D eigenvalue weighted by Gasteiger charge is 2.30. The largest absolute Gasteiger partial charge is 0.425 e. The summed E-state index contributed by atoms with van der Waals surface area (Å²) < 4.78 is 5.90. The second-order valence-electron chi connectivity index (χ2n) is 8.84. The Morgan fingerprint density at radius 3 is 2.64 bits per heavy atom. The first kappa shape index (κ1) is 18.2. The Bertz CT molecular complexity index is 572. The highest BCUT2D eigenvalue weighted by atomic mass is 16.4. The third-order valence-corrected chi connectivity index (χ3v) is 5.15. The number of urea groups is 1. The summed E-state index contributed by atoms with van der Waals surface area (Å²) in [6, 6.07) is 0.425. The van der Waals surface area contributed by atoms with Gasteiger partial charge in [0.15, 0.2) is 0 Å². The van der Waals surface area contributed by atoms with Crippen molar-refractivity contribution in [2.45, 2.75) is 84.1 Å². The van der Waals surface area contributed by atoms with E-state index in [1.807, 2.05) is 4.90 Å². The van der Waals surface area contributed by atoms with Crippen LogP contribution in [0.1, 0.15) is 83.4 Å². The molecule has 2 aliphatic rings. The van der Waals surface area contributed by atoms with Gasteiger partial charge < -0.3 is 14.6 Å². The molecule has 1 aromatic rings. The van der Waals surface area contributed by atoms with Crippen LogP contribution in [0.5, 0.6) is 0 Å². The first-order valence-corrected chi connectivity index (χ1v) is 9.78. The molecule has 2 fully saturated rings. The number of aromatic nitrogens is 2. The minimum absolute atomic E-state index is 0.0750. The van der Waals surface area contributed by atoms with Crippen molar-refractivity contribution < 1.29 is 9.21 Å². The average molecular weight is 348 g/mol. The standard InChI is InChI=1S/C19H32N4O2/c1-19(2,3)12-16-21-22-17(25-16)14-8-7-11-23(13-14)18(24)20-15-9-5-4-6-10-15/h14-15H,4-13H2,1-3H3,(H,20,24). The summed E-state index contributed by atoms with van der Waals surface area (Å²) in [6.07, 6.45) is 8.75. The van der Waals surface area contributed by atoms with Gasteiger partial charge in [-0.1, -0.05) is 40.0 Å². The molecule has 6 nitrogen and oxygen atoms in total. The van der Waals surface area contributed by atoms with Crippen molar-refractivity contribution in [3.63, 3.8) is 0 Å². The second-order valence-corrected chi connectivity index (χ2v) is 8.84. The molecule has 1 saturated heterocycles. The predicted octanol–water partition coefficient (Wildman–Crippen LogP) is 3.88. The number of amides is 2. The summed E-state index contributed by atoms with van der Waals surface area (Å²) in [5.74, 6) is 1.55. The number of piperidine rings is 1. The number of hydrogen-bond acceptors (Lipinski definition) is 4. The van der Waals surface area contributed by atoms with Crippen LogP contribution in [-0.2, 0) is 6.42 Å². The fourth-order valence-corrected chi connectivity index (χ4v) is 3.83. The zero-order chi connectivity index (χ0) is 17.9. The number of carbonyl (C=O) groups is 1. The lowest BCUT2D eigenvalue weighted by Gasteiger charge is -2.33. The summed E-state index contributed by atoms with van der Waals surface area (Å²) in [7, 11) is 0. The van der Waals surface area contributed by atoms with E-state index in [4.69, 9.17) is 4.42 Å². The molecule has 1 aliphatic carbocycles. The molecule has 1 aromatic heterocycles. The SMILES string of the molecule is CC(C)(C)Cc1nnc(C2CCCN(C(=O)NC3CCCCC3)C2)o1. The van der Waals surface area contributed by atoms with Crippen molar-refractivity contribution in [3.8, 4) is 0 Å². The van der Waals surface area contributed by atoms with Crippen LogP contribution < -0.4 is 5.32 Å². The lowest BCUT2D eigenvalue weighted by Crippen LogP contribution is -2.48. The fraction of sp³-hybridized carbons (Fsp3) is 0.842. The number of rotatable bonds is 3. The smallest absolute Gasteiger partial charge is 0.317 e. The number of nitrogens with zero attached hydrogens (tertiary/aromatic N) is 3. The molecule has 140 valence electrons. The molecule has 25 heavy (non-hydrogen) atoms. The van der Waals surface area contributed by atoms with Gasteiger partial charge in [-0.05, 0) is 31.1 Å². The van der Waals surface area contributed by atoms with Gasteiger partial charge in [0.2, 0.25) is 11.8 Å². The molecular weight excluding hydrogens is 316 g/mol. The highest BCUT2D eigenvalue weighted by molar-refractivity contribution is 5.74. The van der Waals surface area contributed by atoms with Crippen LogP contribution in [0.4, 0.5) is 4.79 Å². The van der Waals surface area contributed by atoms with E-state index < -0.39 is 0 Å². The van der Waals surface area contributed by atoms with Gasteiger partial charge in [0.05, 0.1) is 5.92 Å². The fourth-order valence-electron chi connectivity index (χ4n) is 3.83. The van der Waals surface area contributed by atoms with E-state index in [2.05, 4.69) is 36.3 Å². The molecule has 6 heteroatoms. The third kappa shape index (κ3) is 5.19. The molecule has 2 heterocycles. The summed E-state index contributed by atoms with van der Waals surface area (Å²) in [5, 5.41) is 11.7. The lowest BCUT2D eigenvalue weighted by molar-refractivity contribution is 0.167. The van der Waals surface area contributed by atoms with Crippen LogP contribution in [-0.4, -0.2) is 40.3 Å². The van der Waals surface area contributed by atoms with Gasteiger partial charge >= 0.3 is 6.03 Å². The summed E-state index contributed by atoms with van der Waals surface area (Å²) >= 11 is 0. The molecule has 1 aliphatic heterocycles. The van der Waals surface area contributed by atoms with Crippen molar-refractivity contribution in [3.05, 3.63) is 11.8 Å². The van der Waals surface area contributed by atoms with E-state index in [1.165, 1.54) is 19.3 Å². The van der Waals surface area contributed by atoms with Gasteiger partial charge in [-0.2, -0.15) is 0 Å². The van der Waals surface area contributed by atoms with E-state index in [0.717, 1.165) is 38.6 Å². The van der Waals surface area contributed by atoms with Crippen molar-refractivity contribution in [1.29, 1.82) is 0 Å². The summed E-state index contributed by atoms with van der Waals surface area (Å²) in [4.78, 5) is 14.5. The maximum atomic E-state index is 12.6. The molecule has 0 radical (unpaired) electrons. The Balaban J connectivity index is 1.56. The molecule has 1 N–H and O–H groups in total. The molecule has 1 atom stereocenters. The first-order valence-electron chi connectivity index (χ1n) is 9.78. The van der Waals surface area contributed by atoms with Crippen LogP contribution in [0.3, 0.4) is 0 Å². The topological polar surface area (TPSA) is 71.3 Å². The Labute approximate surface area is 150 Å². The van der Waals surface area contributed by atoms with Gasteiger partial charge in [-0.3, -0.25) is 0 Å². The number of carbonyl (C=O) groups excluding carboxylic acids is 1. The molecule has 0 aromatic carbocycles. The number of nitrogens with one attached hydrogen (secondary N) is 1. The molecule has 1 unspecified atom stereocenters. The van der Waals surface area contributed by atoms with Crippen LogP contribution in [0.25, 0.3) is 0 Å². The predicted molar refractivity (Wildman–Crippen MR) is 96.4 cm³/mol. The Kier molecular flexibility index (Phi) is 5.64. The average Bonchev–Trinajstić information content (AvgIpc) is 3.02. The quantitative estimate of drug-likeness (QED) is 0.900. The summed E-state index contributed by atoms with van der Waals surface area (Å²) in [5.41, 5.74) is 0.127. The Hall–Kier alpha value is -1.59. The number of hydrogen-bond donors (Lipinski definition) is 1. The minimum atomic E-state index is 0.0750. The Morgan fingerprint density at radius 2 is 1.92 bits per heavy atom. The van der Waals surface area contributed by atoms with E-state index in [0.29, 0.717) is 24.4 Å². The Morgan fingerprint density at radius 1 is 1.16 bits per heavy atom. The van der Waals surface area contributed by atoms with Gasteiger partial charge in [-0.15, -0.1) is 10.2 Å². The van der Waals surface area contributed by atoms with Crippen LogP contribution in [0, 0.1) is 5.41 Å². The zero-order valence-electron chi connectivity index (χ0n) is 15.9. The molecule has 3 rings (SSSR count). The second kappa shape index (κ2) is 7.75. The summed E-state index contributed by atoms with van der Waals surface area (Å²) in [6.45, 7) is 7.98.